The summed E-state index contributed by atoms with van der Waals surface area (Å²) >= 11 is 0. The number of hydrogen-bond acceptors (Lipinski definition) is 2. The van der Waals surface area contributed by atoms with E-state index < -0.39 is 0 Å². The predicted octanol–water partition coefficient (Wildman–Crippen LogP) is 3.70. The van der Waals surface area contributed by atoms with Crippen LogP contribution in [-0.2, 0) is 11.2 Å². The molecule has 0 aromatic heterocycles. The third kappa shape index (κ3) is 4.35. The van der Waals surface area contributed by atoms with Gasteiger partial charge in [-0.3, -0.25) is 4.79 Å². The van der Waals surface area contributed by atoms with Gasteiger partial charge in [0.2, 0.25) is 5.91 Å². The van der Waals surface area contributed by atoms with E-state index in [2.05, 4.69) is 37.4 Å². The van der Waals surface area contributed by atoms with Gasteiger partial charge in [-0.05, 0) is 44.4 Å². The van der Waals surface area contributed by atoms with Gasteiger partial charge in [0.25, 0.3) is 0 Å². The van der Waals surface area contributed by atoms with Crippen LogP contribution in [0.5, 0.6) is 0 Å². The summed E-state index contributed by atoms with van der Waals surface area (Å²) in [5.74, 6) is 0.0508. The number of anilines is 1. The van der Waals surface area contributed by atoms with Gasteiger partial charge in [0.15, 0.2) is 0 Å². The molecule has 0 aliphatic heterocycles. The van der Waals surface area contributed by atoms with Gasteiger partial charge in [-0.2, -0.15) is 0 Å². The zero-order chi connectivity index (χ0) is 16.1. The highest BCUT2D eigenvalue weighted by molar-refractivity contribution is 5.77. The van der Waals surface area contributed by atoms with E-state index in [0.717, 1.165) is 16.8 Å². The first-order valence-corrected chi connectivity index (χ1v) is 7.66. The number of carbonyl (C=O) groups excluding carboxylic acids is 1. The van der Waals surface area contributed by atoms with Crippen LogP contribution in [0.25, 0.3) is 0 Å². The normalized spacial score (nSPS) is 12.0. The molecule has 0 heterocycles. The highest BCUT2D eigenvalue weighted by Gasteiger charge is 2.11. The van der Waals surface area contributed by atoms with Gasteiger partial charge in [0.1, 0.15) is 0 Å². The van der Waals surface area contributed by atoms with Crippen LogP contribution in [-0.4, -0.2) is 5.91 Å². The molecular weight excluding hydrogens is 272 g/mol. The standard InChI is InChI=1S/C19H24N2O/c1-13-10-14(2)12-17(11-13)15(3)21-19(22)9-8-16-6-4-5-7-18(16)20/h4-7,10-12,15H,8-9,20H2,1-3H3,(H,21,22). The molecule has 3 heteroatoms. The Morgan fingerprint density at radius 1 is 1.14 bits per heavy atom. The maximum absolute atomic E-state index is 12.1. The summed E-state index contributed by atoms with van der Waals surface area (Å²) in [7, 11) is 0. The molecule has 1 amide bonds. The van der Waals surface area contributed by atoms with Crippen LogP contribution < -0.4 is 11.1 Å². The lowest BCUT2D eigenvalue weighted by Crippen LogP contribution is -2.27. The number of para-hydroxylation sites is 1. The molecule has 0 aliphatic rings. The first-order chi connectivity index (χ1) is 10.5. The minimum Gasteiger partial charge on any atom is -0.399 e. The molecule has 3 nitrogen and oxygen atoms in total. The zero-order valence-corrected chi connectivity index (χ0v) is 13.5. The van der Waals surface area contributed by atoms with E-state index in [4.69, 9.17) is 5.73 Å². The summed E-state index contributed by atoms with van der Waals surface area (Å²) in [5, 5.41) is 3.06. The van der Waals surface area contributed by atoms with Gasteiger partial charge in [-0.1, -0.05) is 47.5 Å². The van der Waals surface area contributed by atoms with Crippen LogP contribution in [0.15, 0.2) is 42.5 Å². The molecule has 2 rings (SSSR count). The van der Waals surface area contributed by atoms with E-state index in [1.807, 2.05) is 31.2 Å². The Kier molecular flexibility index (Phi) is 5.21. The molecule has 1 atom stereocenters. The number of benzene rings is 2. The molecule has 3 N–H and O–H groups in total. The fourth-order valence-corrected chi connectivity index (χ4v) is 2.67. The highest BCUT2D eigenvalue weighted by Crippen LogP contribution is 2.17. The van der Waals surface area contributed by atoms with Crippen molar-refractivity contribution in [2.24, 2.45) is 0 Å². The van der Waals surface area contributed by atoms with E-state index in [9.17, 15) is 4.79 Å². The van der Waals surface area contributed by atoms with Gasteiger partial charge in [0, 0.05) is 12.1 Å². The Morgan fingerprint density at radius 3 is 2.41 bits per heavy atom. The fraction of sp³-hybridized carbons (Fsp3) is 0.316. The van der Waals surface area contributed by atoms with Gasteiger partial charge in [-0.25, -0.2) is 0 Å². The summed E-state index contributed by atoms with van der Waals surface area (Å²) in [6.45, 7) is 6.16. The summed E-state index contributed by atoms with van der Waals surface area (Å²) in [5.41, 5.74) is 11.2. The van der Waals surface area contributed by atoms with Crippen molar-refractivity contribution in [1.82, 2.24) is 5.32 Å². The van der Waals surface area contributed by atoms with Gasteiger partial charge in [-0.15, -0.1) is 0 Å². The Bertz CT molecular complexity index is 644. The third-order valence-corrected chi connectivity index (χ3v) is 3.80. The van der Waals surface area contributed by atoms with Crippen molar-refractivity contribution >= 4 is 11.6 Å². The maximum Gasteiger partial charge on any atom is 0.220 e. The number of nitrogens with one attached hydrogen (secondary N) is 1. The van der Waals surface area contributed by atoms with Crippen LogP contribution in [0.1, 0.15) is 41.6 Å². The van der Waals surface area contributed by atoms with Crippen LogP contribution in [0, 0.1) is 13.8 Å². The number of amides is 1. The van der Waals surface area contributed by atoms with Crippen LogP contribution >= 0.6 is 0 Å². The summed E-state index contributed by atoms with van der Waals surface area (Å²) in [6.07, 6.45) is 1.11. The van der Waals surface area contributed by atoms with E-state index in [0.29, 0.717) is 12.8 Å². The van der Waals surface area contributed by atoms with Gasteiger partial charge >= 0.3 is 0 Å². The average Bonchev–Trinajstić information content (AvgIpc) is 2.45. The summed E-state index contributed by atoms with van der Waals surface area (Å²) in [4.78, 5) is 12.1. The van der Waals surface area contributed by atoms with Crippen molar-refractivity contribution in [1.29, 1.82) is 0 Å². The molecule has 0 saturated heterocycles. The van der Waals surface area contributed by atoms with E-state index in [1.165, 1.54) is 11.1 Å². The molecule has 0 bridgehead atoms. The molecule has 0 saturated carbocycles. The summed E-state index contributed by atoms with van der Waals surface area (Å²) in [6, 6.07) is 14.1. The minimum atomic E-state index is 0.0132. The van der Waals surface area contributed by atoms with Crippen LogP contribution in [0.2, 0.25) is 0 Å². The predicted molar refractivity (Wildman–Crippen MR) is 91.6 cm³/mol. The molecule has 2 aromatic carbocycles. The minimum absolute atomic E-state index is 0.0132. The van der Waals surface area contributed by atoms with Crippen molar-refractivity contribution in [2.45, 2.75) is 39.7 Å². The maximum atomic E-state index is 12.1. The Hall–Kier alpha value is -2.29. The second-order valence-electron chi connectivity index (χ2n) is 5.91. The lowest BCUT2D eigenvalue weighted by Gasteiger charge is -2.16. The Labute approximate surface area is 132 Å². The third-order valence-electron chi connectivity index (χ3n) is 3.80. The molecule has 0 aliphatic carbocycles. The van der Waals surface area contributed by atoms with Crippen molar-refractivity contribution < 1.29 is 4.79 Å². The van der Waals surface area contributed by atoms with E-state index in [-0.39, 0.29) is 11.9 Å². The molecule has 116 valence electrons. The fourth-order valence-electron chi connectivity index (χ4n) is 2.67. The van der Waals surface area contributed by atoms with Crippen LogP contribution in [0.4, 0.5) is 5.69 Å². The number of nitrogen functional groups attached to an aromatic ring is 1. The number of hydrogen-bond donors (Lipinski definition) is 2. The second-order valence-corrected chi connectivity index (χ2v) is 5.91. The lowest BCUT2D eigenvalue weighted by molar-refractivity contribution is -0.121. The zero-order valence-electron chi connectivity index (χ0n) is 13.5. The number of rotatable bonds is 5. The summed E-state index contributed by atoms with van der Waals surface area (Å²) < 4.78 is 0. The second kappa shape index (κ2) is 7.12. The van der Waals surface area contributed by atoms with Gasteiger partial charge in [0.05, 0.1) is 6.04 Å². The molecule has 0 fully saturated rings. The molecule has 0 spiro atoms. The smallest absolute Gasteiger partial charge is 0.220 e. The molecule has 0 radical (unpaired) electrons. The topological polar surface area (TPSA) is 55.1 Å². The quantitative estimate of drug-likeness (QED) is 0.827. The SMILES string of the molecule is Cc1cc(C)cc(C(C)NC(=O)CCc2ccccc2N)c1. The first kappa shape index (κ1) is 16.1. The highest BCUT2D eigenvalue weighted by atomic mass is 16.1. The average molecular weight is 296 g/mol. The Balaban J connectivity index is 1.93. The van der Waals surface area contributed by atoms with Crippen molar-refractivity contribution in [3.63, 3.8) is 0 Å². The first-order valence-electron chi connectivity index (χ1n) is 7.66. The van der Waals surface area contributed by atoms with Crippen molar-refractivity contribution in [3.8, 4) is 0 Å². The van der Waals surface area contributed by atoms with E-state index >= 15 is 0 Å². The molecule has 22 heavy (non-hydrogen) atoms. The Morgan fingerprint density at radius 2 is 1.77 bits per heavy atom. The number of carbonyl (C=O) groups is 1. The van der Waals surface area contributed by atoms with Crippen molar-refractivity contribution in [3.05, 3.63) is 64.7 Å². The molecule has 2 aromatic rings. The molecular formula is C19H24N2O. The van der Waals surface area contributed by atoms with E-state index in [1.54, 1.807) is 0 Å². The van der Waals surface area contributed by atoms with Crippen LogP contribution in [0.3, 0.4) is 0 Å². The van der Waals surface area contributed by atoms with Crippen molar-refractivity contribution in [2.75, 3.05) is 5.73 Å². The van der Waals surface area contributed by atoms with Gasteiger partial charge < -0.3 is 11.1 Å². The number of aryl methyl sites for hydroxylation is 3. The molecule has 1 unspecified atom stereocenters. The lowest BCUT2D eigenvalue weighted by atomic mass is 10.0. The largest absolute Gasteiger partial charge is 0.399 e. The number of nitrogens with two attached hydrogens (primary N) is 1. The monoisotopic (exact) mass is 296 g/mol.